The summed E-state index contributed by atoms with van der Waals surface area (Å²) >= 11 is 0. The summed E-state index contributed by atoms with van der Waals surface area (Å²) in [5.74, 6) is 1.56. The van der Waals surface area contributed by atoms with E-state index in [9.17, 15) is 4.79 Å². The summed E-state index contributed by atoms with van der Waals surface area (Å²) in [4.78, 5) is 18.7. The SMILES string of the molecule is Cn1cccc1C(=O)N1CCC(Cc2ccc(COc3cccnc3)cc2)CC1. The molecule has 0 N–H and O–H groups in total. The van der Waals surface area contributed by atoms with Crippen LogP contribution in [0.2, 0.25) is 0 Å². The fourth-order valence-electron chi connectivity index (χ4n) is 3.89. The number of likely N-dealkylation sites (tertiary alicyclic amines) is 1. The highest BCUT2D eigenvalue weighted by Gasteiger charge is 2.24. The molecule has 5 heteroatoms. The number of rotatable bonds is 6. The van der Waals surface area contributed by atoms with Gasteiger partial charge < -0.3 is 14.2 Å². The van der Waals surface area contributed by atoms with E-state index in [4.69, 9.17) is 4.74 Å². The molecule has 1 aliphatic heterocycles. The number of pyridine rings is 1. The van der Waals surface area contributed by atoms with E-state index >= 15 is 0 Å². The topological polar surface area (TPSA) is 47.4 Å². The summed E-state index contributed by atoms with van der Waals surface area (Å²) in [6, 6.07) is 16.3. The average Bonchev–Trinajstić information content (AvgIpc) is 3.20. The van der Waals surface area contributed by atoms with E-state index in [0.717, 1.165) is 49.4 Å². The van der Waals surface area contributed by atoms with Crippen LogP contribution in [-0.2, 0) is 20.1 Å². The van der Waals surface area contributed by atoms with Crippen LogP contribution in [0.5, 0.6) is 5.75 Å². The molecule has 0 bridgehead atoms. The maximum Gasteiger partial charge on any atom is 0.270 e. The third kappa shape index (κ3) is 4.86. The van der Waals surface area contributed by atoms with E-state index in [-0.39, 0.29) is 5.91 Å². The second kappa shape index (κ2) is 8.95. The maximum atomic E-state index is 12.6. The largest absolute Gasteiger partial charge is 0.487 e. The van der Waals surface area contributed by atoms with E-state index in [0.29, 0.717) is 12.5 Å². The zero-order valence-corrected chi connectivity index (χ0v) is 16.8. The Balaban J connectivity index is 1.25. The Labute approximate surface area is 171 Å². The smallest absolute Gasteiger partial charge is 0.270 e. The molecular formula is C24H27N3O2. The number of aryl methyl sites for hydroxylation is 1. The molecule has 2 aromatic heterocycles. The molecule has 4 rings (SSSR count). The van der Waals surface area contributed by atoms with Crippen LogP contribution in [0.1, 0.15) is 34.5 Å². The Morgan fingerprint density at radius 3 is 2.48 bits per heavy atom. The quantitative estimate of drug-likeness (QED) is 0.638. The van der Waals surface area contributed by atoms with Gasteiger partial charge in [0, 0.05) is 32.5 Å². The lowest BCUT2D eigenvalue weighted by Crippen LogP contribution is -2.39. The summed E-state index contributed by atoms with van der Waals surface area (Å²) in [6.45, 7) is 2.23. The predicted molar refractivity (Wildman–Crippen MR) is 113 cm³/mol. The first-order valence-corrected chi connectivity index (χ1v) is 10.2. The second-order valence-electron chi connectivity index (χ2n) is 7.74. The Kier molecular flexibility index (Phi) is 5.94. The van der Waals surface area contributed by atoms with Gasteiger partial charge in [0.05, 0.1) is 6.20 Å². The number of piperidine rings is 1. The number of nitrogens with zero attached hydrogens (tertiary/aromatic N) is 3. The lowest BCUT2D eigenvalue weighted by molar-refractivity contribution is 0.0681. The van der Waals surface area contributed by atoms with E-state index in [1.807, 2.05) is 47.0 Å². The van der Waals surface area contributed by atoms with Crippen molar-refractivity contribution < 1.29 is 9.53 Å². The highest BCUT2D eigenvalue weighted by Crippen LogP contribution is 2.23. The van der Waals surface area contributed by atoms with Crippen molar-refractivity contribution in [2.75, 3.05) is 13.1 Å². The third-order valence-electron chi connectivity index (χ3n) is 5.65. The molecule has 0 spiro atoms. The number of ether oxygens (including phenoxy) is 1. The first kappa shape index (κ1) is 19.2. The minimum absolute atomic E-state index is 0.147. The molecule has 1 saturated heterocycles. The summed E-state index contributed by atoms with van der Waals surface area (Å²) in [5, 5.41) is 0. The van der Waals surface area contributed by atoms with Crippen LogP contribution >= 0.6 is 0 Å². The van der Waals surface area contributed by atoms with Gasteiger partial charge in [-0.25, -0.2) is 0 Å². The Morgan fingerprint density at radius 2 is 1.83 bits per heavy atom. The number of hydrogen-bond donors (Lipinski definition) is 0. The summed E-state index contributed by atoms with van der Waals surface area (Å²) in [7, 11) is 1.92. The zero-order valence-electron chi connectivity index (χ0n) is 16.8. The summed E-state index contributed by atoms with van der Waals surface area (Å²) in [6.07, 6.45) is 8.57. The van der Waals surface area contributed by atoms with Crippen molar-refractivity contribution in [3.63, 3.8) is 0 Å². The molecule has 0 saturated carbocycles. The van der Waals surface area contributed by atoms with Gasteiger partial charge in [-0.2, -0.15) is 0 Å². The first-order valence-electron chi connectivity index (χ1n) is 10.2. The standard InChI is InChI=1S/C24H27N3O2/c1-26-13-3-5-23(26)24(28)27-14-10-20(11-15-27)16-19-6-8-21(9-7-19)18-29-22-4-2-12-25-17-22/h2-9,12-13,17,20H,10-11,14-16,18H2,1H3. The minimum atomic E-state index is 0.147. The van der Waals surface area contributed by atoms with Crippen molar-refractivity contribution in [1.82, 2.24) is 14.5 Å². The molecule has 0 aliphatic carbocycles. The number of aromatic nitrogens is 2. The van der Waals surface area contributed by atoms with Crippen LogP contribution in [0, 0.1) is 5.92 Å². The lowest BCUT2D eigenvalue weighted by Gasteiger charge is -2.32. The van der Waals surface area contributed by atoms with Gasteiger partial charge in [0.25, 0.3) is 5.91 Å². The molecule has 1 aliphatic rings. The predicted octanol–water partition coefficient (Wildman–Crippen LogP) is 4.09. The molecule has 150 valence electrons. The van der Waals surface area contributed by atoms with Gasteiger partial charge in [0.15, 0.2) is 0 Å². The van der Waals surface area contributed by atoms with E-state index in [1.54, 1.807) is 12.4 Å². The Hall–Kier alpha value is -3.08. The van der Waals surface area contributed by atoms with Crippen molar-refractivity contribution in [3.05, 3.63) is 83.9 Å². The van der Waals surface area contributed by atoms with Crippen molar-refractivity contribution in [1.29, 1.82) is 0 Å². The number of amides is 1. The molecule has 3 aromatic rings. The molecule has 5 nitrogen and oxygen atoms in total. The van der Waals surface area contributed by atoms with Gasteiger partial charge in [-0.3, -0.25) is 9.78 Å². The number of benzene rings is 1. The van der Waals surface area contributed by atoms with Gasteiger partial charge in [-0.15, -0.1) is 0 Å². The highest BCUT2D eigenvalue weighted by atomic mass is 16.5. The van der Waals surface area contributed by atoms with Crippen molar-refractivity contribution in [3.8, 4) is 5.75 Å². The van der Waals surface area contributed by atoms with E-state index in [2.05, 4.69) is 29.2 Å². The summed E-state index contributed by atoms with van der Waals surface area (Å²) in [5.41, 5.74) is 3.27. The molecule has 1 fully saturated rings. The van der Waals surface area contributed by atoms with Crippen LogP contribution in [0.25, 0.3) is 0 Å². The highest BCUT2D eigenvalue weighted by molar-refractivity contribution is 5.92. The van der Waals surface area contributed by atoms with Gasteiger partial charge in [0.1, 0.15) is 18.1 Å². The van der Waals surface area contributed by atoms with Crippen molar-refractivity contribution in [2.45, 2.75) is 25.9 Å². The molecule has 29 heavy (non-hydrogen) atoms. The molecule has 0 unspecified atom stereocenters. The van der Waals surface area contributed by atoms with Crippen molar-refractivity contribution >= 4 is 5.91 Å². The monoisotopic (exact) mass is 389 g/mol. The fourth-order valence-corrected chi connectivity index (χ4v) is 3.89. The second-order valence-corrected chi connectivity index (χ2v) is 7.74. The normalized spacial score (nSPS) is 14.7. The van der Waals surface area contributed by atoms with Gasteiger partial charge in [0.2, 0.25) is 0 Å². The van der Waals surface area contributed by atoms with Gasteiger partial charge in [-0.1, -0.05) is 24.3 Å². The van der Waals surface area contributed by atoms with Gasteiger partial charge in [-0.05, 0) is 60.6 Å². The molecular weight excluding hydrogens is 362 g/mol. The lowest BCUT2D eigenvalue weighted by atomic mass is 9.90. The van der Waals surface area contributed by atoms with Crippen LogP contribution in [-0.4, -0.2) is 33.4 Å². The first-order chi connectivity index (χ1) is 14.2. The van der Waals surface area contributed by atoms with Crippen LogP contribution < -0.4 is 4.74 Å². The average molecular weight is 389 g/mol. The minimum Gasteiger partial charge on any atom is -0.487 e. The van der Waals surface area contributed by atoms with Crippen LogP contribution in [0.15, 0.2) is 67.1 Å². The molecule has 3 heterocycles. The van der Waals surface area contributed by atoms with Crippen LogP contribution in [0.4, 0.5) is 0 Å². The number of hydrogen-bond acceptors (Lipinski definition) is 3. The van der Waals surface area contributed by atoms with Gasteiger partial charge >= 0.3 is 0 Å². The fraction of sp³-hybridized carbons (Fsp3) is 0.333. The maximum absolute atomic E-state index is 12.6. The Bertz CT molecular complexity index is 926. The van der Waals surface area contributed by atoms with E-state index in [1.165, 1.54) is 5.56 Å². The summed E-state index contributed by atoms with van der Waals surface area (Å²) < 4.78 is 7.65. The van der Waals surface area contributed by atoms with Crippen LogP contribution in [0.3, 0.4) is 0 Å². The Morgan fingerprint density at radius 1 is 1.07 bits per heavy atom. The molecule has 0 radical (unpaired) electrons. The van der Waals surface area contributed by atoms with E-state index < -0.39 is 0 Å². The number of carbonyl (C=O) groups excluding carboxylic acids is 1. The van der Waals surface area contributed by atoms with Crippen molar-refractivity contribution in [2.24, 2.45) is 13.0 Å². The molecule has 0 atom stereocenters. The zero-order chi connectivity index (χ0) is 20.1. The third-order valence-corrected chi connectivity index (χ3v) is 5.65. The number of carbonyl (C=O) groups is 1. The molecule has 1 amide bonds. The molecule has 1 aromatic carbocycles.